The van der Waals surface area contributed by atoms with Gasteiger partial charge in [0.15, 0.2) is 0 Å². The molecule has 1 N–H and O–H groups in total. The molecule has 0 saturated carbocycles. The summed E-state index contributed by atoms with van der Waals surface area (Å²) < 4.78 is 39.9. The summed E-state index contributed by atoms with van der Waals surface area (Å²) >= 11 is 0. The third-order valence-corrected chi connectivity index (χ3v) is 3.95. The Bertz CT molecular complexity index is 554. The second kappa shape index (κ2) is 11.9. The second-order valence-corrected chi connectivity index (χ2v) is 6.78. The lowest BCUT2D eigenvalue weighted by Crippen LogP contribution is -2.14. The van der Waals surface area contributed by atoms with Gasteiger partial charge in [0, 0.05) is 0 Å². The fourth-order valence-electron chi connectivity index (χ4n) is 2.36. The number of hydrogen-bond acceptors (Lipinski definition) is 4. The largest absolute Gasteiger partial charge is 0.486 e. The van der Waals surface area contributed by atoms with Gasteiger partial charge in [0.05, 0.1) is 0 Å². The molecule has 1 atom stereocenters. The van der Waals surface area contributed by atoms with E-state index in [-0.39, 0.29) is 6.10 Å². The molecule has 0 spiro atoms. The van der Waals surface area contributed by atoms with Crippen LogP contribution in [0.4, 0.5) is 0 Å². The fraction of sp³-hybridized carbons (Fsp3) is 0.556. The topological polar surface area (TPSA) is 72.8 Å². The van der Waals surface area contributed by atoms with Gasteiger partial charge in [-0.3, -0.25) is 4.55 Å². The summed E-state index contributed by atoms with van der Waals surface area (Å²) in [5.74, 6) is 0.710. The molecule has 0 aliphatic rings. The molecular formula is C18H28O5S. The number of ether oxygens (including phenoxy) is 1. The summed E-state index contributed by atoms with van der Waals surface area (Å²) in [6, 6.07) is 9.33. The molecule has 0 bridgehead atoms. The van der Waals surface area contributed by atoms with Crippen molar-refractivity contribution in [3.8, 4) is 5.75 Å². The van der Waals surface area contributed by atoms with Gasteiger partial charge in [-0.25, -0.2) is 0 Å². The number of hydrogen-bond donors (Lipinski definition) is 1. The highest BCUT2D eigenvalue weighted by molar-refractivity contribution is 7.81. The van der Waals surface area contributed by atoms with E-state index in [0.717, 1.165) is 25.5 Å². The van der Waals surface area contributed by atoms with Crippen molar-refractivity contribution >= 4 is 10.4 Å². The summed E-state index contributed by atoms with van der Waals surface area (Å²) in [6.45, 7) is 2.20. The summed E-state index contributed by atoms with van der Waals surface area (Å²) in [4.78, 5) is 0. The van der Waals surface area contributed by atoms with Crippen LogP contribution >= 0.6 is 0 Å². The van der Waals surface area contributed by atoms with Crippen molar-refractivity contribution in [3.05, 3.63) is 42.7 Å². The fourth-order valence-corrected chi connectivity index (χ4v) is 2.57. The minimum Gasteiger partial charge on any atom is -0.486 e. The lowest BCUT2D eigenvalue weighted by molar-refractivity contribution is 0.230. The molecule has 0 aliphatic heterocycles. The van der Waals surface area contributed by atoms with Crippen LogP contribution in [0.3, 0.4) is 0 Å². The molecule has 136 valence electrons. The first-order valence-corrected chi connectivity index (χ1v) is 9.92. The first-order valence-electron chi connectivity index (χ1n) is 8.55. The average molecular weight is 356 g/mol. The maximum absolute atomic E-state index is 10.6. The number of para-hydroxylation sites is 1. The Balaban J connectivity index is 2.42. The molecule has 0 saturated heterocycles. The molecule has 5 nitrogen and oxygen atoms in total. The zero-order valence-corrected chi connectivity index (χ0v) is 15.1. The molecule has 1 aromatic rings. The van der Waals surface area contributed by atoms with Crippen molar-refractivity contribution in [2.24, 2.45) is 0 Å². The SMILES string of the molecule is CCCCCCCCCC(C=COS(=O)(=O)O)Oc1ccccc1. The van der Waals surface area contributed by atoms with E-state index in [1.54, 1.807) is 0 Å². The van der Waals surface area contributed by atoms with Crippen LogP contribution in [0.15, 0.2) is 42.7 Å². The van der Waals surface area contributed by atoms with Crippen LogP contribution in [-0.4, -0.2) is 19.1 Å². The van der Waals surface area contributed by atoms with Gasteiger partial charge in [0.1, 0.15) is 18.1 Å². The van der Waals surface area contributed by atoms with Crippen LogP contribution in [0.25, 0.3) is 0 Å². The standard InChI is InChI=1S/C18H28O5S/c1-2-3-4-5-6-7-9-14-18(15-16-22-24(19,20)21)23-17-12-10-8-11-13-17/h8,10-13,15-16,18H,2-7,9,14H2,1H3,(H,19,20,21). The Labute approximate surface area is 145 Å². The van der Waals surface area contributed by atoms with Crippen molar-refractivity contribution < 1.29 is 21.9 Å². The van der Waals surface area contributed by atoms with E-state index in [2.05, 4.69) is 11.1 Å². The molecule has 0 radical (unpaired) electrons. The van der Waals surface area contributed by atoms with E-state index in [0.29, 0.717) is 5.75 Å². The smallest absolute Gasteiger partial charge is 0.445 e. The lowest BCUT2D eigenvalue weighted by atomic mass is 10.1. The normalized spacial score (nSPS) is 13.1. The molecule has 0 amide bonds. The van der Waals surface area contributed by atoms with Crippen molar-refractivity contribution in [2.75, 3.05) is 0 Å². The third kappa shape index (κ3) is 11.1. The molecule has 0 fully saturated rings. The van der Waals surface area contributed by atoms with E-state index in [1.165, 1.54) is 38.2 Å². The third-order valence-electron chi connectivity index (χ3n) is 3.59. The molecule has 1 rings (SSSR count). The van der Waals surface area contributed by atoms with Crippen molar-refractivity contribution in [2.45, 2.75) is 64.4 Å². The van der Waals surface area contributed by atoms with E-state index in [9.17, 15) is 8.42 Å². The van der Waals surface area contributed by atoms with Gasteiger partial charge >= 0.3 is 10.4 Å². The van der Waals surface area contributed by atoms with Crippen LogP contribution in [-0.2, 0) is 14.6 Å². The minimum absolute atomic E-state index is 0.301. The quantitative estimate of drug-likeness (QED) is 0.309. The number of rotatable bonds is 13. The Morgan fingerprint density at radius 2 is 1.67 bits per heavy atom. The Kier molecular flexibility index (Phi) is 10.2. The Morgan fingerprint density at radius 1 is 1.04 bits per heavy atom. The van der Waals surface area contributed by atoms with Gasteiger partial charge in [-0.1, -0.05) is 63.6 Å². The molecule has 6 heteroatoms. The van der Waals surface area contributed by atoms with E-state index in [4.69, 9.17) is 9.29 Å². The van der Waals surface area contributed by atoms with Gasteiger partial charge < -0.3 is 8.92 Å². The molecule has 1 aromatic carbocycles. The van der Waals surface area contributed by atoms with Crippen molar-refractivity contribution in [3.63, 3.8) is 0 Å². The molecule has 0 aliphatic carbocycles. The van der Waals surface area contributed by atoms with Crippen molar-refractivity contribution in [1.29, 1.82) is 0 Å². The maximum atomic E-state index is 10.6. The van der Waals surface area contributed by atoms with Crippen LogP contribution in [0.5, 0.6) is 5.75 Å². The molecule has 0 aromatic heterocycles. The van der Waals surface area contributed by atoms with Gasteiger partial charge in [-0.05, 0) is 31.1 Å². The van der Waals surface area contributed by atoms with E-state index in [1.807, 2.05) is 30.3 Å². The summed E-state index contributed by atoms with van der Waals surface area (Å²) in [5.41, 5.74) is 0. The summed E-state index contributed by atoms with van der Waals surface area (Å²) in [7, 11) is -4.47. The van der Waals surface area contributed by atoms with Crippen LogP contribution in [0, 0.1) is 0 Å². The molecule has 24 heavy (non-hydrogen) atoms. The predicted molar refractivity (Wildman–Crippen MR) is 95.2 cm³/mol. The van der Waals surface area contributed by atoms with Crippen LogP contribution in [0.2, 0.25) is 0 Å². The highest BCUT2D eigenvalue weighted by atomic mass is 32.3. The Morgan fingerprint density at radius 3 is 2.29 bits per heavy atom. The van der Waals surface area contributed by atoms with Crippen LogP contribution < -0.4 is 4.74 Å². The van der Waals surface area contributed by atoms with Gasteiger partial charge in [0.2, 0.25) is 0 Å². The van der Waals surface area contributed by atoms with Crippen LogP contribution in [0.1, 0.15) is 58.3 Å². The monoisotopic (exact) mass is 356 g/mol. The second-order valence-electron chi connectivity index (χ2n) is 5.73. The number of unbranched alkanes of at least 4 members (excludes halogenated alkanes) is 6. The maximum Gasteiger partial charge on any atom is 0.445 e. The van der Waals surface area contributed by atoms with E-state index < -0.39 is 10.4 Å². The highest BCUT2D eigenvalue weighted by Gasteiger charge is 2.08. The zero-order valence-electron chi connectivity index (χ0n) is 14.3. The molecular weight excluding hydrogens is 328 g/mol. The lowest BCUT2D eigenvalue weighted by Gasteiger charge is -2.15. The van der Waals surface area contributed by atoms with Gasteiger partial charge in [0.25, 0.3) is 0 Å². The van der Waals surface area contributed by atoms with Gasteiger partial charge in [-0.15, -0.1) is 0 Å². The zero-order chi connectivity index (χ0) is 17.7. The van der Waals surface area contributed by atoms with Crippen molar-refractivity contribution in [1.82, 2.24) is 0 Å². The average Bonchev–Trinajstić information content (AvgIpc) is 2.53. The Hall–Kier alpha value is -1.53. The molecule has 1 unspecified atom stereocenters. The van der Waals surface area contributed by atoms with Gasteiger partial charge in [-0.2, -0.15) is 8.42 Å². The predicted octanol–water partition coefficient (Wildman–Crippen LogP) is 4.91. The van der Waals surface area contributed by atoms with E-state index >= 15 is 0 Å². The molecule has 0 heterocycles. The highest BCUT2D eigenvalue weighted by Crippen LogP contribution is 2.16. The minimum atomic E-state index is -4.47. The first-order chi connectivity index (χ1) is 11.5. The first kappa shape index (κ1) is 20.5. The summed E-state index contributed by atoms with van der Waals surface area (Å²) in [5, 5.41) is 0. The number of benzene rings is 1. The summed E-state index contributed by atoms with van der Waals surface area (Å²) in [6.07, 6.45) is 11.3.